The molecule has 158 valence electrons. The van der Waals surface area contributed by atoms with Crippen LogP contribution < -0.4 is 10.3 Å². The minimum absolute atomic E-state index is 0.0250. The molecule has 0 unspecified atom stereocenters. The smallest absolute Gasteiger partial charge is 0.507 e. The standard InChI is InChI=1S/C24H18F3NO3/c1-28-21-5-3-2-4-19(21)22(29)20(23(28)30)14-15-6-8-16(9-7-15)17-10-12-18(13-11-17)31-24(25,26)27/h2-13,29H,14H2,1H3. The summed E-state index contributed by atoms with van der Waals surface area (Å²) in [5.74, 6) is -0.307. The fourth-order valence-electron chi connectivity index (χ4n) is 3.57. The van der Waals surface area contributed by atoms with Crippen molar-refractivity contribution >= 4 is 10.9 Å². The molecule has 0 atom stereocenters. The van der Waals surface area contributed by atoms with Crippen molar-refractivity contribution in [1.82, 2.24) is 4.57 Å². The third kappa shape index (κ3) is 4.26. The number of nitrogens with zero attached hydrogens (tertiary/aromatic N) is 1. The second kappa shape index (κ2) is 7.83. The molecular formula is C24H18F3NO3. The molecule has 0 radical (unpaired) electrons. The molecule has 1 heterocycles. The number of rotatable bonds is 4. The highest BCUT2D eigenvalue weighted by Gasteiger charge is 2.30. The summed E-state index contributed by atoms with van der Waals surface area (Å²) in [6.07, 6.45) is -4.48. The number of aromatic nitrogens is 1. The number of aromatic hydroxyl groups is 1. The van der Waals surface area contributed by atoms with E-state index >= 15 is 0 Å². The van der Waals surface area contributed by atoms with Crippen molar-refractivity contribution in [2.45, 2.75) is 12.8 Å². The van der Waals surface area contributed by atoms with Gasteiger partial charge in [-0.3, -0.25) is 4.79 Å². The molecule has 0 spiro atoms. The van der Waals surface area contributed by atoms with Crippen LogP contribution in [0.3, 0.4) is 0 Å². The van der Waals surface area contributed by atoms with Crippen molar-refractivity contribution < 1.29 is 23.0 Å². The van der Waals surface area contributed by atoms with Crippen LogP contribution in [0, 0.1) is 0 Å². The lowest BCUT2D eigenvalue weighted by Crippen LogP contribution is -2.21. The Hall–Kier alpha value is -3.74. The summed E-state index contributed by atoms with van der Waals surface area (Å²) in [5, 5.41) is 11.3. The normalized spacial score (nSPS) is 11.6. The van der Waals surface area contributed by atoms with Crippen molar-refractivity contribution in [1.29, 1.82) is 0 Å². The summed E-state index contributed by atoms with van der Waals surface area (Å²) in [7, 11) is 1.67. The minimum Gasteiger partial charge on any atom is -0.507 e. The Morgan fingerprint density at radius 1 is 0.903 bits per heavy atom. The van der Waals surface area contributed by atoms with Crippen LogP contribution >= 0.6 is 0 Å². The molecule has 0 amide bonds. The molecule has 4 aromatic rings. The number of para-hydroxylation sites is 1. The molecule has 0 bridgehead atoms. The third-order valence-corrected chi connectivity index (χ3v) is 5.13. The Morgan fingerprint density at radius 2 is 1.48 bits per heavy atom. The highest BCUT2D eigenvalue weighted by Crippen LogP contribution is 2.29. The average Bonchev–Trinajstić information content (AvgIpc) is 2.75. The van der Waals surface area contributed by atoms with Crippen LogP contribution in [0.25, 0.3) is 22.0 Å². The van der Waals surface area contributed by atoms with E-state index in [1.807, 2.05) is 24.3 Å². The second-order valence-electron chi connectivity index (χ2n) is 7.15. The molecule has 0 fully saturated rings. The van der Waals surface area contributed by atoms with Gasteiger partial charge in [0.2, 0.25) is 0 Å². The molecule has 0 aliphatic carbocycles. The summed E-state index contributed by atoms with van der Waals surface area (Å²) in [6.45, 7) is 0. The Bertz CT molecular complexity index is 1290. The van der Waals surface area contributed by atoms with E-state index in [1.54, 1.807) is 43.4 Å². The lowest BCUT2D eigenvalue weighted by atomic mass is 9.99. The van der Waals surface area contributed by atoms with Gasteiger partial charge in [-0.05, 0) is 41.0 Å². The van der Waals surface area contributed by atoms with Crippen LogP contribution in [0.5, 0.6) is 11.5 Å². The molecule has 4 nitrogen and oxygen atoms in total. The first-order valence-corrected chi connectivity index (χ1v) is 9.47. The van der Waals surface area contributed by atoms with Crippen LogP contribution in [0.15, 0.2) is 77.6 Å². The van der Waals surface area contributed by atoms with Crippen LogP contribution in [0.2, 0.25) is 0 Å². The zero-order chi connectivity index (χ0) is 22.2. The molecule has 0 saturated heterocycles. The molecule has 4 rings (SSSR count). The van der Waals surface area contributed by atoms with E-state index < -0.39 is 6.36 Å². The summed E-state index contributed by atoms with van der Waals surface area (Å²) in [4.78, 5) is 12.7. The maximum Gasteiger partial charge on any atom is 0.573 e. The Labute approximate surface area is 175 Å². The summed E-state index contributed by atoms with van der Waals surface area (Å²) in [5.41, 5.74) is 3.05. The molecule has 0 aliphatic heterocycles. The van der Waals surface area contributed by atoms with Gasteiger partial charge in [-0.1, -0.05) is 48.5 Å². The first-order chi connectivity index (χ1) is 14.7. The maximum atomic E-state index is 12.7. The highest BCUT2D eigenvalue weighted by molar-refractivity contribution is 5.86. The van der Waals surface area contributed by atoms with E-state index in [0.29, 0.717) is 16.5 Å². The number of hydrogen-bond donors (Lipinski definition) is 1. The lowest BCUT2D eigenvalue weighted by molar-refractivity contribution is -0.274. The Morgan fingerprint density at radius 3 is 2.10 bits per heavy atom. The Balaban J connectivity index is 1.59. The quantitative estimate of drug-likeness (QED) is 0.476. The fraction of sp³-hybridized carbons (Fsp3) is 0.125. The first kappa shape index (κ1) is 20.5. The van der Waals surface area contributed by atoms with Crippen LogP contribution in [-0.2, 0) is 13.5 Å². The van der Waals surface area contributed by atoms with Crippen LogP contribution in [-0.4, -0.2) is 16.0 Å². The van der Waals surface area contributed by atoms with Gasteiger partial charge in [0.15, 0.2) is 0 Å². The van der Waals surface area contributed by atoms with Gasteiger partial charge in [-0.2, -0.15) is 0 Å². The van der Waals surface area contributed by atoms with Crippen molar-refractivity contribution in [3.8, 4) is 22.6 Å². The topological polar surface area (TPSA) is 51.5 Å². The fourth-order valence-corrected chi connectivity index (χ4v) is 3.57. The zero-order valence-corrected chi connectivity index (χ0v) is 16.5. The van der Waals surface area contributed by atoms with Crippen molar-refractivity contribution in [3.05, 3.63) is 94.3 Å². The molecule has 31 heavy (non-hydrogen) atoms. The van der Waals surface area contributed by atoms with E-state index in [1.165, 1.54) is 16.7 Å². The summed E-state index contributed by atoms with van der Waals surface area (Å²) in [6, 6.07) is 20.0. The summed E-state index contributed by atoms with van der Waals surface area (Å²) < 4.78 is 42.3. The number of hydrogen-bond acceptors (Lipinski definition) is 3. The summed E-state index contributed by atoms with van der Waals surface area (Å²) >= 11 is 0. The van der Waals surface area contributed by atoms with Gasteiger partial charge in [0.25, 0.3) is 5.56 Å². The zero-order valence-electron chi connectivity index (χ0n) is 16.5. The average molecular weight is 425 g/mol. The van der Waals surface area contributed by atoms with E-state index in [4.69, 9.17) is 0 Å². The maximum absolute atomic E-state index is 12.7. The monoisotopic (exact) mass is 425 g/mol. The van der Waals surface area contributed by atoms with Gasteiger partial charge in [-0.25, -0.2) is 0 Å². The van der Waals surface area contributed by atoms with Crippen LogP contribution in [0.4, 0.5) is 13.2 Å². The van der Waals surface area contributed by atoms with Gasteiger partial charge in [-0.15, -0.1) is 13.2 Å². The van der Waals surface area contributed by atoms with Crippen molar-refractivity contribution in [2.24, 2.45) is 7.05 Å². The van der Waals surface area contributed by atoms with Crippen molar-refractivity contribution in [2.75, 3.05) is 0 Å². The van der Waals surface area contributed by atoms with Gasteiger partial charge < -0.3 is 14.4 Å². The molecular weight excluding hydrogens is 407 g/mol. The lowest BCUT2D eigenvalue weighted by Gasteiger charge is -2.12. The predicted molar refractivity (Wildman–Crippen MR) is 112 cm³/mol. The molecule has 1 aromatic heterocycles. The molecule has 0 saturated carbocycles. The molecule has 3 aromatic carbocycles. The second-order valence-corrected chi connectivity index (χ2v) is 7.15. The van der Waals surface area contributed by atoms with Gasteiger partial charge in [0.05, 0.1) is 11.1 Å². The minimum atomic E-state index is -4.73. The SMILES string of the molecule is Cn1c(=O)c(Cc2ccc(-c3ccc(OC(F)(F)F)cc3)cc2)c(O)c2ccccc21. The van der Waals surface area contributed by atoms with Gasteiger partial charge >= 0.3 is 6.36 Å². The van der Waals surface area contributed by atoms with E-state index in [9.17, 15) is 23.1 Å². The van der Waals surface area contributed by atoms with E-state index in [0.717, 1.165) is 16.7 Å². The number of ether oxygens (including phenoxy) is 1. The number of benzene rings is 3. The number of fused-ring (bicyclic) bond motifs is 1. The molecule has 0 aliphatic rings. The number of alkyl halides is 3. The van der Waals surface area contributed by atoms with E-state index in [-0.39, 0.29) is 23.5 Å². The van der Waals surface area contributed by atoms with E-state index in [2.05, 4.69) is 4.74 Å². The number of halogens is 3. The van der Waals surface area contributed by atoms with Crippen molar-refractivity contribution in [3.63, 3.8) is 0 Å². The third-order valence-electron chi connectivity index (χ3n) is 5.13. The predicted octanol–water partition coefficient (Wildman–Crippen LogP) is 5.40. The van der Waals surface area contributed by atoms with Gasteiger partial charge in [0.1, 0.15) is 11.5 Å². The van der Waals surface area contributed by atoms with Crippen LogP contribution in [0.1, 0.15) is 11.1 Å². The van der Waals surface area contributed by atoms with Gasteiger partial charge in [0, 0.05) is 18.9 Å². The highest BCUT2D eigenvalue weighted by atomic mass is 19.4. The Kier molecular flexibility index (Phi) is 5.19. The number of aryl methyl sites for hydroxylation is 1. The molecule has 7 heteroatoms. The number of pyridine rings is 1. The largest absolute Gasteiger partial charge is 0.573 e. The molecule has 1 N–H and O–H groups in total. The first-order valence-electron chi connectivity index (χ1n) is 9.47.